The highest BCUT2D eigenvalue weighted by Gasteiger charge is 2.48. The molecule has 1 N–H and O–H groups in total. The van der Waals surface area contributed by atoms with Crippen LogP contribution in [0.25, 0.3) is 22.2 Å². The van der Waals surface area contributed by atoms with Crippen molar-refractivity contribution in [1.82, 2.24) is 18.5 Å². The first-order chi connectivity index (χ1) is 21.9. The van der Waals surface area contributed by atoms with E-state index < -0.39 is 21.5 Å². The van der Waals surface area contributed by atoms with E-state index in [1.807, 2.05) is 24.0 Å². The summed E-state index contributed by atoms with van der Waals surface area (Å²) in [6.45, 7) is 8.16. The van der Waals surface area contributed by atoms with Crippen molar-refractivity contribution >= 4 is 32.9 Å². The molecule has 0 spiro atoms. The van der Waals surface area contributed by atoms with E-state index in [0.29, 0.717) is 32.2 Å². The van der Waals surface area contributed by atoms with Crippen LogP contribution in [-0.4, -0.2) is 81.0 Å². The number of ether oxygens (including phenoxy) is 2. The van der Waals surface area contributed by atoms with Gasteiger partial charge in [0.05, 0.1) is 37.5 Å². The minimum absolute atomic E-state index is 0.0501. The molecule has 46 heavy (non-hydrogen) atoms. The van der Waals surface area contributed by atoms with Gasteiger partial charge in [-0.1, -0.05) is 32.3 Å². The molecule has 2 aliphatic heterocycles. The Hall–Kier alpha value is -3.41. The molecule has 1 aliphatic carbocycles. The van der Waals surface area contributed by atoms with Gasteiger partial charge in [0.2, 0.25) is 5.91 Å². The van der Waals surface area contributed by atoms with Crippen LogP contribution >= 0.6 is 0 Å². The molecule has 1 aromatic heterocycles. The number of hydrogen-bond acceptors (Lipinski definition) is 6. The highest BCUT2D eigenvalue weighted by molar-refractivity contribution is 7.87. The molecule has 6 rings (SSSR count). The summed E-state index contributed by atoms with van der Waals surface area (Å²) >= 11 is 0. The van der Waals surface area contributed by atoms with Crippen LogP contribution in [0.5, 0.6) is 5.75 Å². The van der Waals surface area contributed by atoms with Crippen molar-refractivity contribution in [3.63, 3.8) is 0 Å². The van der Waals surface area contributed by atoms with Gasteiger partial charge in [-0.25, -0.2) is 4.72 Å². The highest BCUT2D eigenvalue weighted by atomic mass is 32.2. The van der Waals surface area contributed by atoms with Gasteiger partial charge in [-0.15, -0.1) is 0 Å². The number of nitrogens with zero attached hydrogens (tertiary/aromatic N) is 3. The van der Waals surface area contributed by atoms with Crippen LogP contribution in [0.4, 0.5) is 0 Å². The molecule has 2 aromatic carbocycles. The maximum absolute atomic E-state index is 14.8. The number of methoxy groups -OCH3 is 1. The molecule has 3 heterocycles. The minimum Gasteiger partial charge on any atom is -0.497 e. The summed E-state index contributed by atoms with van der Waals surface area (Å²) in [4.78, 5) is 30.1. The normalized spacial score (nSPS) is 23.9. The number of nitrogens with one attached hydrogen (secondary N) is 1. The fourth-order valence-electron chi connectivity index (χ4n) is 7.70. The molecule has 2 amide bonds. The lowest BCUT2D eigenvalue weighted by Crippen LogP contribution is -2.54. The molecule has 3 atom stereocenters. The van der Waals surface area contributed by atoms with Crippen molar-refractivity contribution in [2.45, 2.75) is 77.3 Å². The lowest BCUT2D eigenvalue weighted by atomic mass is 9.72. The topological polar surface area (TPSA) is 110 Å². The van der Waals surface area contributed by atoms with Gasteiger partial charge in [-0.3, -0.25) is 9.59 Å². The number of carbonyl (C=O) groups is 2. The maximum atomic E-state index is 14.8. The van der Waals surface area contributed by atoms with E-state index in [1.54, 1.807) is 19.2 Å². The standard InChI is InChI=1S/C35H46N4O6S/c1-22-20-45-17-16-38(22)34(41)35(3)21-39-30-18-25(33(40)36-46(42,43)37(4)5)12-14-28(30)31(24-10-8-7-9-11-24)32(39)27-15-13-26(44-6)19-29(27)23(35)2/h12-15,18-19,22-24H,7-11,16-17,20-21H2,1-6H3,(H,36,40)/t22-,23?,35?/m1/s1. The van der Waals surface area contributed by atoms with Crippen LogP contribution in [0.3, 0.4) is 0 Å². The number of aromatic nitrogens is 1. The van der Waals surface area contributed by atoms with E-state index >= 15 is 0 Å². The van der Waals surface area contributed by atoms with Crippen molar-refractivity contribution in [2.75, 3.05) is 41.0 Å². The fourth-order valence-corrected chi connectivity index (χ4v) is 8.24. The number of hydrogen-bond donors (Lipinski definition) is 1. The number of rotatable bonds is 6. The molecule has 3 aliphatic rings. The summed E-state index contributed by atoms with van der Waals surface area (Å²) in [6, 6.07) is 11.6. The quantitative estimate of drug-likeness (QED) is 0.389. The van der Waals surface area contributed by atoms with Crippen molar-refractivity contribution in [3.05, 3.63) is 53.1 Å². The monoisotopic (exact) mass is 650 g/mol. The lowest BCUT2D eigenvalue weighted by Gasteiger charge is -2.42. The maximum Gasteiger partial charge on any atom is 0.303 e. The van der Waals surface area contributed by atoms with Gasteiger partial charge in [-0.2, -0.15) is 12.7 Å². The second-order valence-corrected chi connectivity index (χ2v) is 15.5. The van der Waals surface area contributed by atoms with Gasteiger partial charge in [0.15, 0.2) is 0 Å². The Balaban J connectivity index is 1.61. The molecule has 2 fully saturated rings. The summed E-state index contributed by atoms with van der Waals surface area (Å²) in [6.07, 6.45) is 5.65. The zero-order valence-corrected chi connectivity index (χ0v) is 28.6. The van der Waals surface area contributed by atoms with Crippen LogP contribution in [0.2, 0.25) is 0 Å². The Morgan fingerprint density at radius 3 is 2.48 bits per heavy atom. The molecule has 0 radical (unpaired) electrons. The molecule has 10 nitrogen and oxygen atoms in total. The van der Waals surface area contributed by atoms with Gasteiger partial charge in [0.25, 0.3) is 5.91 Å². The number of fused-ring (bicyclic) bond motifs is 5. The summed E-state index contributed by atoms with van der Waals surface area (Å²) in [7, 11) is 0.438. The Morgan fingerprint density at radius 2 is 1.80 bits per heavy atom. The van der Waals surface area contributed by atoms with Crippen molar-refractivity contribution < 1.29 is 27.5 Å². The van der Waals surface area contributed by atoms with Gasteiger partial charge < -0.3 is 18.9 Å². The number of amides is 2. The molecular formula is C35H46N4O6S. The van der Waals surface area contributed by atoms with E-state index in [0.717, 1.165) is 63.5 Å². The lowest BCUT2D eigenvalue weighted by molar-refractivity contribution is -0.151. The summed E-state index contributed by atoms with van der Waals surface area (Å²) in [5.41, 5.74) is 4.68. The van der Waals surface area contributed by atoms with Crippen molar-refractivity contribution in [1.29, 1.82) is 0 Å². The third-order valence-electron chi connectivity index (χ3n) is 10.6. The first-order valence-electron chi connectivity index (χ1n) is 16.3. The zero-order valence-electron chi connectivity index (χ0n) is 27.8. The molecule has 3 aromatic rings. The van der Waals surface area contributed by atoms with Crippen LogP contribution < -0.4 is 9.46 Å². The first kappa shape index (κ1) is 32.5. The number of benzene rings is 2. The molecular weight excluding hydrogens is 604 g/mol. The summed E-state index contributed by atoms with van der Waals surface area (Å²) in [5.74, 6) is 0.282. The second-order valence-electron chi connectivity index (χ2n) is 13.6. The van der Waals surface area contributed by atoms with Crippen LogP contribution in [0.15, 0.2) is 36.4 Å². The summed E-state index contributed by atoms with van der Waals surface area (Å²) in [5, 5.41) is 1.04. The third-order valence-corrected chi connectivity index (χ3v) is 12.0. The van der Waals surface area contributed by atoms with Crippen LogP contribution in [0, 0.1) is 5.41 Å². The smallest absolute Gasteiger partial charge is 0.303 e. The third kappa shape index (κ3) is 5.50. The predicted octanol–water partition coefficient (Wildman–Crippen LogP) is 5.27. The Labute approximate surface area is 272 Å². The average molecular weight is 651 g/mol. The molecule has 2 unspecified atom stereocenters. The molecule has 11 heteroatoms. The van der Waals surface area contributed by atoms with Crippen LogP contribution in [-0.2, 0) is 26.3 Å². The van der Waals surface area contributed by atoms with Gasteiger partial charge in [0, 0.05) is 49.2 Å². The van der Waals surface area contributed by atoms with Gasteiger partial charge in [-0.05, 0) is 80.0 Å². The fraction of sp³-hybridized carbons (Fsp3) is 0.543. The van der Waals surface area contributed by atoms with E-state index in [1.165, 1.54) is 26.1 Å². The van der Waals surface area contributed by atoms with Gasteiger partial charge >= 0.3 is 10.2 Å². The minimum atomic E-state index is -3.98. The largest absolute Gasteiger partial charge is 0.497 e. The van der Waals surface area contributed by atoms with Crippen molar-refractivity contribution in [2.24, 2.45) is 5.41 Å². The van der Waals surface area contributed by atoms with E-state index in [4.69, 9.17) is 9.47 Å². The predicted molar refractivity (Wildman–Crippen MR) is 178 cm³/mol. The Bertz CT molecular complexity index is 1780. The molecule has 1 saturated heterocycles. The highest BCUT2D eigenvalue weighted by Crippen LogP contribution is 2.53. The molecule has 1 saturated carbocycles. The van der Waals surface area contributed by atoms with E-state index in [-0.39, 0.29) is 23.4 Å². The number of morpholine rings is 1. The number of carbonyl (C=O) groups excluding carboxylic acids is 2. The van der Waals surface area contributed by atoms with Crippen molar-refractivity contribution in [3.8, 4) is 17.0 Å². The second kappa shape index (κ2) is 12.3. The average Bonchev–Trinajstić information content (AvgIpc) is 3.31. The van der Waals surface area contributed by atoms with Crippen LogP contribution in [0.1, 0.15) is 86.2 Å². The van der Waals surface area contributed by atoms with E-state index in [2.05, 4.69) is 35.3 Å². The first-order valence-corrected chi connectivity index (χ1v) is 17.8. The van der Waals surface area contributed by atoms with Gasteiger partial charge in [0.1, 0.15) is 5.75 Å². The molecule has 0 bridgehead atoms. The summed E-state index contributed by atoms with van der Waals surface area (Å²) < 4.78 is 41.9. The molecule has 248 valence electrons. The SMILES string of the molecule is COc1ccc2c(c1)C(C)C(C)(C(=O)N1CCOC[C@H]1C)Cn1c-2c(C2CCCCC2)c2ccc(C(=O)NS(=O)(=O)N(C)C)cc21. The zero-order chi connectivity index (χ0) is 33.0. The Morgan fingerprint density at radius 1 is 1.07 bits per heavy atom. The van der Waals surface area contributed by atoms with E-state index in [9.17, 15) is 18.0 Å². The Kier molecular flexibility index (Phi) is 8.71.